The molecule has 1 aliphatic rings. The third-order valence-corrected chi connectivity index (χ3v) is 4.22. The van der Waals surface area contributed by atoms with E-state index in [4.69, 9.17) is 15.2 Å². The molecule has 1 saturated heterocycles. The number of esters is 1. The monoisotopic (exact) mass is 345 g/mol. The summed E-state index contributed by atoms with van der Waals surface area (Å²) in [6, 6.07) is 3.48. The fraction of sp³-hybridized carbons (Fsp3) is 0.412. The zero-order valence-electron chi connectivity index (χ0n) is 14.1. The predicted octanol–water partition coefficient (Wildman–Crippen LogP) is 1.20. The van der Waals surface area contributed by atoms with Gasteiger partial charge in [0.05, 0.1) is 17.3 Å². The minimum absolute atomic E-state index is 0.169. The molecule has 0 radical (unpaired) electrons. The molecule has 1 fully saturated rings. The Bertz CT molecular complexity index is 913. The number of pyridine rings is 2. The maximum atomic E-state index is 12.4. The summed E-state index contributed by atoms with van der Waals surface area (Å²) in [6.45, 7) is 1.84. The molecule has 0 saturated carbocycles. The van der Waals surface area contributed by atoms with Gasteiger partial charge in [-0.3, -0.25) is 14.4 Å². The lowest BCUT2D eigenvalue weighted by Gasteiger charge is -2.22. The number of hydrogen-bond donors (Lipinski definition) is 1. The Balaban J connectivity index is 2.28. The number of carbonyl (C=O) groups excluding carboxylic acids is 2. The predicted molar refractivity (Wildman–Crippen MR) is 89.4 cm³/mol. The molecule has 1 unspecified atom stereocenters. The molecule has 0 spiro atoms. The van der Waals surface area contributed by atoms with Crippen molar-refractivity contribution in [3.8, 4) is 5.75 Å². The van der Waals surface area contributed by atoms with Crippen molar-refractivity contribution < 1.29 is 19.1 Å². The highest BCUT2D eigenvalue weighted by Crippen LogP contribution is 2.31. The molecular formula is C17H19N3O5. The van der Waals surface area contributed by atoms with Gasteiger partial charge < -0.3 is 19.8 Å². The van der Waals surface area contributed by atoms with Crippen molar-refractivity contribution in [1.29, 1.82) is 0 Å². The summed E-state index contributed by atoms with van der Waals surface area (Å²) in [6.07, 6.45) is 2.69. The Hall–Kier alpha value is -2.74. The van der Waals surface area contributed by atoms with Gasteiger partial charge in [-0.05, 0) is 31.4 Å². The first-order chi connectivity index (χ1) is 11.9. The number of aromatic nitrogens is 2. The summed E-state index contributed by atoms with van der Waals surface area (Å²) in [7, 11) is 1.51. The number of ether oxygens (including phenoxy) is 2. The first-order valence-corrected chi connectivity index (χ1v) is 8.03. The van der Waals surface area contributed by atoms with Crippen LogP contribution < -0.4 is 16.0 Å². The van der Waals surface area contributed by atoms with E-state index in [1.165, 1.54) is 18.5 Å². The van der Waals surface area contributed by atoms with Crippen LogP contribution in [0.25, 0.3) is 11.0 Å². The number of hydrogen-bond acceptors (Lipinski definition) is 6. The van der Waals surface area contributed by atoms with Crippen molar-refractivity contribution in [3.63, 3.8) is 0 Å². The molecule has 8 heteroatoms. The molecule has 132 valence electrons. The van der Waals surface area contributed by atoms with Crippen LogP contribution in [0, 0.1) is 0 Å². The van der Waals surface area contributed by atoms with Crippen LogP contribution in [0.15, 0.2) is 16.9 Å². The van der Waals surface area contributed by atoms with E-state index in [0.29, 0.717) is 17.8 Å². The zero-order chi connectivity index (χ0) is 18.1. The second-order valence-electron chi connectivity index (χ2n) is 5.99. The van der Waals surface area contributed by atoms with Crippen molar-refractivity contribution in [2.24, 2.45) is 12.8 Å². The van der Waals surface area contributed by atoms with Gasteiger partial charge >= 0.3 is 5.97 Å². The Morgan fingerprint density at radius 3 is 2.72 bits per heavy atom. The molecule has 3 rings (SSSR count). The Morgan fingerprint density at radius 1 is 1.36 bits per heavy atom. The average molecular weight is 345 g/mol. The molecule has 1 atom stereocenters. The van der Waals surface area contributed by atoms with Gasteiger partial charge in [0.25, 0.3) is 11.5 Å². The molecule has 0 bridgehead atoms. The summed E-state index contributed by atoms with van der Waals surface area (Å²) in [5.41, 5.74) is 5.64. The Labute approximate surface area is 143 Å². The zero-order valence-corrected chi connectivity index (χ0v) is 14.1. The molecule has 3 heterocycles. The van der Waals surface area contributed by atoms with Crippen molar-refractivity contribution in [2.75, 3.05) is 6.61 Å². The maximum Gasteiger partial charge on any atom is 0.308 e. The topological polar surface area (TPSA) is 114 Å². The molecule has 25 heavy (non-hydrogen) atoms. The maximum absolute atomic E-state index is 12.4. The van der Waals surface area contributed by atoms with Crippen LogP contribution in [0.2, 0.25) is 0 Å². The molecule has 1 aliphatic heterocycles. The molecule has 1 amide bonds. The minimum Gasteiger partial charge on any atom is -0.423 e. The number of aryl methyl sites for hydroxylation is 1. The van der Waals surface area contributed by atoms with Crippen molar-refractivity contribution in [2.45, 2.75) is 32.3 Å². The highest BCUT2D eigenvalue weighted by molar-refractivity contribution is 6.01. The van der Waals surface area contributed by atoms with Crippen LogP contribution in [-0.2, 0) is 16.6 Å². The first-order valence-electron chi connectivity index (χ1n) is 8.03. The van der Waals surface area contributed by atoms with E-state index in [9.17, 15) is 14.4 Å². The molecule has 2 aromatic rings. The largest absolute Gasteiger partial charge is 0.423 e. The van der Waals surface area contributed by atoms with E-state index >= 15 is 0 Å². The highest BCUT2D eigenvalue weighted by atomic mass is 16.5. The Kier molecular flexibility index (Phi) is 4.54. The van der Waals surface area contributed by atoms with Gasteiger partial charge in [0.1, 0.15) is 11.1 Å². The highest BCUT2D eigenvalue weighted by Gasteiger charge is 2.25. The van der Waals surface area contributed by atoms with E-state index in [1.54, 1.807) is 12.1 Å². The van der Waals surface area contributed by atoms with Gasteiger partial charge in [0.2, 0.25) is 0 Å². The van der Waals surface area contributed by atoms with Crippen LogP contribution >= 0.6 is 0 Å². The van der Waals surface area contributed by atoms with E-state index in [2.05, 4.69) is 4.98 Å². The molecular weight excluding hydrogens is 326 g/mol. The summed E-state index contributed by atoms with van der Waals surface area (Å²) in [5.74, 6) is -1.84. The Morgan fingerprint density at radius 2 is 2.12 bits per heavy atom. The normalized spacial score (nSPS) is 17.4. The standard InChI is InChI=1S/C17H19N3O5/c1-9(21)25-15-13(16(18)22)17(23)20(2)11-7-6-10(19-14(11)15)12-5-3-4-8-24-12/h6-7,12H,3-5,8H2,1-2H3,(H2,18,22). The second-order valence-corrected chi connectivity index (χ2v) is 5.99. The average Bonchev–Trinajstić information content (AvgIpc) is 2.59. The summed E-state index contributed by atoms with van der Waals surface area (Å²) in [5, 5.41) is 0. The molecule has 0 aliphatic carbocycles. The fourth-order valence-electron chi connectivity index (χ4n) is 3.01. The van der Waals surface area contributed by atoms with Crippen LogP contribution in [0.1, 0.15) is 48.3 Å². The number of amides is 1. The van der Waals surface area contributed by atoms with Crippen LogP contribution in [-0.4, -0.2) is 28.0 Å². The summed E-state index contributed by atoms with van der Waals surface area (Å²) < 4.78 is 12.1. The van der Waals surface area contributed by atoms with Crippen molar-refractivity contribution >= 4 is 22.9 Å². The van der Waals surface area contributed by atoms with Gasteiger partial charge in [0, 0.05) is 20.6 Å². The number of nitrogens with zero attached hydrogens (tertiary/aromatic N) is 2. The number of carbonyl (C=O) groups is 2. The second kappa shape index (κ2) is 6.64. The van der Waals surface area contributed by atoms with E-state index in [1.807, 2.05) is 0 Å². The smallest absolute Gasteiger partial charge is 0.308 e. The molecule has 8 nitrogen and oxygen atoms in total. The van der Waals surface area contributed by atoms with E-state index < -0.39 is 17.4 Å². The number of rotatable bonds is 3. The minimum atomic E-state index is -0.972. The van der Waals surface area contributed by atoms with E-state index in [-0.39, 0.29) is 22.9 Å². The van der Waals surface area contributed by atoms with Gasteiger partial charge in [-0.15, -0.1) is 0 Å². The van der Waals surface area contributed by atoms with Gasteiger partial charge in [-0.1, -0.05) is 0 Å². The lowest BCUT2D eigenvalue weighted by atomic mass is 10.0. The third-order valence-electron chi connectivity index (χ3n) is 4.22. The van der Waals surface area contributed by atoms with Crippen molar-refractivity contribution in [3.05, 3.63) is 33.7 Å². The lowest BCUT2D eigenvalue weighted by molar-refractivity contribution is -0.131. The molecule has 2 aromatic heterocycles. The van der Waals surface area contributed by atoms with Crippen molar-refractivity contribution in [1.82, 2.24) is 9.55 Å². The van der Waals surface area contributed by atoms with Crippen LogP contribution in [0.4, 0.5) is 0 Å². The number of nitrogens with two attached hydrogens (primary N) is 1. The number of fused-ring (bicyclic) bond motifs is 1. The summed E-state index contributed by atoms with van der Waals surface area (Å²) in [4.78, 5) is 40.2. The summed E-state index contributed by atoms with van der Waals surface area (Å²) >= 11 is 0. The van der Waals surface area contributed by atoms with Crippen LogP contribution in [0.5, 0.6) is 5.75 Å². The molecule has 2 N–H and O–H groups in total. The van der Waals surface area contributed by atoms with Gasteiger partial charge in [-0.25, -0.2) is 4.98 Å². The third kappa shape index (κ3) is 3.12. The fourth-order valence-corrected chi connectivity index (χ4v) is 3.01. The first kappa shape index (κ1) is 17.1. The van der Waals surface area contributed by atoms with E-state index in [0.717, 1.165) is 19.3 Å². The van der Waals surface area contributed by atoms with Crippen LogP contribution in [0.3, 0.4) is 0 Å². The number of primary amides is 1. The lowest BCUT2D eigenvalue weighted by Crippen LogP contribution is -2.30. The van der Waals surface area contributed by atoms with Gasteiger partial charge in [0.15, 0.2) is 5.75 Å². The SMILES string of the molecule is CC(=O)Oc1c(C(N)=O)c(=O)n(C)c2ccc(C3CCCCO3)nc12. The molecule has 0 aromatic carbocycles. The quantitative estimate of drug-likeness (QED) is 0.836. The van der Waals surface area contributed by atoms with Gasteiger partial charge in [-0.2, -0.15) is 0 Å².